The van der Waals surface area contributed by atoms with E-state index in [1.807, 2.05) is 6.20 Å². The van der Waals surface area contributed by atoms with Gasteiger partial charge in [0.1, 0.15) is 0 Å². The number of aromatic nitrogens is 2. The van der Waals surface area contributed by atoms with E-state index < -0.39 is 0 Å². The predicted octanol–water partition coefficient (Wildman–Crippen LogP) is 2.09. The van der Waals surface area contributed by atoms with E-state index in [1.54, 1.807) is 0 Å². The number of nitrogens with one attached hydrogen (secondary N) is 2. The maximum absolute atomic E-state index is 4.02. The van der Waals surface area contributed by atoms with Crippen molar-refractivity contribution in [2.75, 3.05) is 12.3 Å². The molecule has 0 amide bonds. The molecule has 4 heteroatoms. The number of hydrogen-bond acceptors (Lipinski definition) is 3. The molecule has 1 atom stereocenters. The number of aryl methyl sites for hydroxylation is 1. The Kier molecular flexibility index (Phi) is 4.09. The van der Waals surface area contributed by atoms with Crippen molar-refractivity contribution in [2.24, 2.45) is 0 Å². The fourth-order valence-corrected chi connectivity index (χ4v) is 3.16. The minimum Gasteiger partial charge on any atom is -0.311 e. The molecule has 0 bridgehead atoms. The maximum Gasteiger partial charge on any atom is 0.0535 e. The van der Waals surface area contributed by atoms with Crippen LogP contribution < -0.4 is 5.32 Å². The van der Waals surface area contributed by atoms with Crippen LogP contribution in [0.15, 0.2) is 6.20 Å². The molecule has 0 radical (unpaired) electrons. The number of nitrogens with zero attached hydrogens (tertiary/aromatic N) is 1. The molecule has 1 aliphatic rings. The Balaban J connectivity index is 1.68. The molecule has 0 aliphatic carbocycles. The van der Waals surface area contributed by atoms with E-state index in [-0.39, 0.29) is 0 Å². The summed E-state index contributed by atoms with van der Waals surface area (Å²) in [5, 5.41) is 11.3. The van der Waals surface area contributed by atoms with E-state index in [1.165, 1.54) is 36.3 Å². The van der Waals surface area contributed by atoms with E-state index >= 15 is 0 Å². The molecule has 3 nitrogen and oxygen atoms in total. The van der Waals surface area contributed by atoms with Gasteiger partial charge < -0.3 is 5.32 Å². The van der Waals surface area contributed by atoms with Crippen molar-refractivity contribution in [3.8, 4) is 0 Å². The predicted molar refractivity (Wildman–Crippen MR) is 65.1 cm³/mol. The topological polar surface area (TPSA) is 40.7 Å². The van der Waals surface area contributed by atoms with Gasteiger partial charge in [-0.05, 0) is 25.5 Å². The first-order valence-corrected chi connectivity index (χ1v) is 6.72. The number of hydrogen-bond donors (Lipinski definition) is 2. The summed E-state index contributed by atoms with van der Waals surface area (Å²) in [6.07, 6.45) is 6.10. The number of thioether (sulfide) groups is 1. The second-order valence-electron chi connectivity index (χ2n) is 4.14. The minimum absolute atomic E-state index is 0.825. The van der Waals surface area contributed by atoms with Crippen molar-refractivity contribution in [3.63, 3.8) is 0 Å². The third kappa shape index (κ3) is 3.24. The molecular formula is C11H19N3S. The van der Waals surface area contributed by atoms with Gasteiger partial charge >= 0.3 is 0 Å². The van der Waals surface area contributed by atoms with Crippen LogP contribution in [-0.4, -0.2) is 27.7 Å². The summed E-state index contributed by atoms with van der Waals surface area (Å²) in [5.74, 6) is 1.34. The minimum atomic E-state index is 0.825. The van der Waals surface area contributed by atoms with Gasteiger partial charge in [0.2, 0.25) is 0 Å². The molecule has 0 saturated carbocycles. The molecule has 1 fully saturated rings. The van der Waals surface area contributed by atoms with Gasteiger partial charge in [-0.3, -0.25) is 5.10 Å². The third-order valence-corrected chi connectivity index (χ3v) is 4.29. The zero-order valence-corrected chi connectivity index (χ0v) is 10.1. The lowest BCUT2D eigenvalue weighted by Crippen LogP contribution is -2.26. The summed E-state index contributed by atoms with van der Waals surface area (Å²) >= 11 is 2.12. The Morgan fingerprint density at radius 2 is 2.53 bits per heavy atom. The zero-order valence-electron chi connectivity index (χ0n) is 9.25. The van der Waals surface area contributed by atoms with Gasteiger partial charge in [-0.1, -0.05) is 6.42 Å². The van der Waals surface area contributed by atoms with Gasteiger partial charge in [-0.2, -0.15) is 16.9 Å². The van der Waals surface area contributed by atoms with E-state index in [4.69, 9.17) is 0 Å². The average molecular weight is 225 g/mol. The summed E-state index contributed by atoms with van der Waals surface area (Å²) in [4.78, 5) is 0. The van der Waals surface area contributed by atoms with Crippen LogP contribution in [-0.2, 0) is 6.54 Å². The lowest BCUT2D eigenvalue weighted by molar-refractivity contribution is 0.597. The highest BCUT2D eigenvalue weighted by Crippen LogP contribution is 2.24. The molecule has 15 heavy (non-hydrogen) atoms. The van der Waals surface area contributed by atoms with E-state index in [0.29, 0.717) is 0 Å². The molecule has 2 N–H and O–H groups in total. The van der Waals surface area contributed by atoms with Gasteiger partial charge in [-0.25, -0.2) is 0 Å². The highest BCUT2D eigenvalue weighted by atomic mass is 32.2. The van der Waals surface area contributed by atoms with Crippen LogP contribution in [0.4, 0.5) is 0 Å². The monoisotopic (exact) mass is 225 g/mol. The van der Waals surface area contributed by atoms with Crippen LogP contribution in [0, 0.1) is 6.92 Å². The van der Waals surface area contributed by atoms with Crippen molar-refractivity contribution in [1.29, 1.82) is 0 Å². The number of aromatic amines is 1. The SMILES string of the molecule is Cc1[nH]ncc1CNCC1CCCCS1. The van der Waals surface area contributed by atoms with Crippen molar-refractivity contribution in [1.82, 2.24) is 15.5 Å². The first-order chi connectivity index (χ1) is 7.36. The number of rotatable bonds is 4. The van der Waals surface area contributed by atoms with Crippen molar-refractivity contribution >= 4 is 11.8 Å². The van der Waals surface area contributed by atoms with Crippen molar-refractivity contribution in [3.05, 3.63) is 17.5 Å². The molecule has 1 aromatic rings. The zero-order chi connectivity index (χ0) is 10.5. The van der Waals surface area contributed by atoms with Crippen LogP contribution in [0.2, 0.25) is 0 Å². The Labute approximate surface area is 95.4 Å². The summed E-state index contributed by atoms with van der Waals surface area (Å²) < 4.78 is 0. The largest absolute Gasteiger partial charge is 0.311 e. The maximum atomic E-state index is 4.02. The van der Waals surface area contributed by atoms with Gasteiger partial charge in [0.25, 0.3) is 0 Å². The molecule has 84 valence electrons. The molecule has 1 aliphatic heterocycles. The van der Waals surface area contributed by atoms with Crippen LogP contribution in [0.1, 0.15) is 30.5 Å². The van der Waals surface area contributed by atoms with Gasteiger partial charge in [0.05, 0.1) is 6.20 Å². The Bertz CT molecular complexity index is 292. The number of H-pyrrole nitrogens is 1. The smallest absolute Gasteiger partial charge is 0.0535 e. The molecule has 1 saturated heterocycles. The fourth-order valence-electron chi connectivity index (χ4n) is 1.89. The Morgan fingerprint density at radius 3 is 3.20 bits per heavy atom. The normalized spacial score (nSPS) is 21.8. The van der Waals surface area contributed by atoms with Crippen molar-refractivity contribution < 1.29 is 0 Å². The second kappa shape index (κ2) is 5.56. The van der Waals surface area contributed by atoms with Gasteiger partial charge in [0, 0.05) is 29.6 Å². The third-order valence-electron chi connectivity index (χ3n) is 2.90. The molecule has 0 spiro atoms. The van der Waals surface area contributed by atoms with Crippen LogP contribution in [0.3, 0.4) is 0 Å². The summed E-state index contributed by atoms with van der Waals surface area (Å²) in [7, 11) is 0. The van der Waals surface area contributed by atoms with E-state index in [9.17, 15) is 0 Å². The summed E-state index contributed by atoms with van der Waals surface area (Å²) in [6, 6.07) is 0. The standard InChI is InChI=1S/C11H19N3S/c1-9-10(7-13-14-9)6-12-8-11-4-2-3-5-15-11/h7,11-12H,2-6,8H2,1H3,(H,13,14). The first kappa shape index (κ1) is 11.0. The lowest BCUT2D eigenvalue weighted by Gasteiger charge is -2.21. The van der Waals surface area contributed by atoms with Gasteiger partial charge in [0.15, 0.2) is 0 Å². The lowest BCUT2D eigenvalue weighted by atomic mass is 10.2. The summed E-state index contributed by atoms with van der Waals surface area (Å²) in [5.41, 5.74) is 2.47. The average Bonchev–Trinajstić information content (AvgIpc) is 2.66. The molecule has 1 unspecified atom stereocenters. The fraction of sp³-hybridized carbons (Fsp3) is 0.727. The molecule has 0 aromatic carbocycles. The van der Waals surface area contributed by atoms with E-state index in [0.717, 1.165) is 18.3 Å². The molecular weight excluding hydrogens is 206 g/mol. The summed E-state index contributed by atoms with van der Waals surface area (Å²) in [6.45, 7) is 4.15. The Morgan fingerprint density at radius 1 is 1.60 bits per heavy atom. The Hall–Kier alpha value is -0.480. The van der Waals surface area contributed by atoms with Crippen molar-refractivity contribution in [2.45, 2.75) is 38.0 Å². The highest BCUT2D eigenvalue weighted by Gasteiger charge is 2.13. The highest BCUT2D eigenvalue weighted by molar-refractivity contribution is 7.99. The molecule has 1 aromatic heterocycles. The van der Waals surface area contributed by atoms with Gasteiger partial charge in [-0.15, -0.1) is 0 Å². The van der Waals surface area contributed by atoms with E-state index in [2.05, 4.69) is 34.2 Å². The van der Waals surface area contributed by atoms with Crippen LogP contribution >= 0.6 is 11.8 Å². The van der Waals surface area contributed by atoms with Crippen LogP contribution in [0.25, 0.3) is 0 Å². The first-order valence-electron chi connectivity index (χ1n) is 5.67. The second-order valence-corrected chi connectivity index (χ2v) is 5.55. The quantitative estimate of drug-likeness (QED) is 0.824. The van der Waals surface area contributed by atoms with Crippen LogP contribution in [0.5, 0.6) is 0 Å². The molecule has 2 heterocycles. The molecule has 2 rings (SSSR count).